The van der Waals surface area contributed by atoms with Gasteiger partial charge < -0.3 is 15.7 Å². The fourth-order valence-electron chi connectivity index (χ4n) is 2.52. The molecule has 0 saturated carbocycles. The van der Waals surface area contributed by atoms with Gasteiger partial charge in [0.05, 0.1) is 11.1 Å². The third-order valence-corrected chi connectivity index (χ3v) is 3.87. The zero-order chi connectivity index (χ0) is 18.4. The summed E-state index contributed by atoms with van der Waals surface area (Å²) >= 11 is 0. The van der Waals surface area contributed by atoms with Gasteiger partial charge in [-0.05, 0) is 31.5 Å². The Bertz CT molecular complexity index is 955. The second-order valence-corrected chi connectivity index (χ2v) is 6.52. The standard InChI is InChI=1S/C17H20N6O2/c1-17(2,25)10-5-6-11-12(9-10)23(13-7-8-19-16(18)20-13)21-14(11)15(24)22(3)4/h5-9,25H,1-4H3,(H2,18,19,20). The molecule has 0 saturated heterocycles. The minimum absolute atomic E-state index is 0.111. The molecule has 0 bridgehead atoms. The van der Waals surface area contributed by atoms with Crippen LogP contribution in [0.5, 0.6) is 0 Å². The van der Waals surface area contributed by atoms with E-state index in [4.69, 9.17) is 5.73 Å². The van der Waals surface area contributed by atoms with Crippen molar-refractivity contribution in [3.05, 3.63) is 41.7 Å². The van der Waals surface area contributed by atoms with E-state index in [1.165, 1.54) is 11.1 Å². The lowest BCUT2D eigenvalue weighted by molar-refractivity contribution is 0.0786. The Hall–Kier alpha value is -3.00. The number of nitrogen functional groups attached to an aromatic ring is 1. The van der Waals surface area contributed by atoms with Crippen LogP contribution in [0.15, 0.2) is 30.5 Å². The number of benzene rings is 1. The third kappa shape index (κ3) is 3.03. The molecule has 8 heteroatoms. The summed E-state index contributed by atoms with van der Waals surface area (Å²) in [6, 6.07) is 7.03. The van der Waals surface area contributed by atoms with E-state index >= 15 is 0 Å². The Morgan fingerprint density at radius 3 is 2.60 bits per heavy atom. The zero-order valence-electron chi connectivity index (χ0n) is 14.6. The van der Waals surface area contributed by atoms with Crippen molar-refractivity contribution in [2.45, 2.75) is 19.4 Å². The molecule has 3 N–H and O–H groups in total. The van der Waals surface area contributed by atoms with Crippen LogP contribution < -0.4 is 5.73 Å². The minimum atomic E-state index is -1.03. The van der Waals surface area contributed by atoms with Crippen molar-refractivity contribution in [3.63, 3.8) is 0 Å². The number of nitrogens with zero attached hydrogens (tertiary/aromatic N) is 5. The molecule has 8 nitrogen and oxygen atoms in total. The van der Waals surface area contributed by atoms with Crippen molar-refractivity contribution >= 4 is 22.8 Å². The molecule has 3 aromatic rings. The first-order chi connectivity index (χ1) is 11.7. The summed E-state index contributed by atoms with van der Waals surface area (Å²) in [6.07, 6.45) is 1.53. The molecule has 2 aromatic heterocycles. The fourth-order valence-corrected chi connectivity index (χ4v) is 2.52. The normalized spacial score (nSPS) is 11.7. The summed E-state index contributed by atoms with van der Waals surface area (Å²) < 4.78 is 1.54. The number of anilines is 1. The van der Waals surface area contributed by atoms with Gasteiger partial charge in [-0.15, -0.1) is 0 Å². The molecule has 0 aliphatic rings. The summed E-state index contributed by atoms with van der Waals surface area (Å²) in [4.78, 5) is 22.0. The Labute approximate surface area is 144 Å². The maximum absolute atomic E-state index is 12.5. The van der Waals surface area contributed by atoms with Crippen LogP contribution in [0.3, 0.4) is 0 Å². The van der Waals surface area contributed by atoms with Gasteiger partial charge in [-0.25, -0.2) is 9.67 Å². The third-order valence-electron chi connectivity index (χ3n) is 3.87. The van der Waals surface area contributed by atoms with Gasteiger partial charge in [0, 0.05) is 31.7 Å². The minimum Gasteiger partial charge on any atom is -0.386 e. The first-order valence-corrected chi connectivity index (χ1v) is 7.74. The topological polar surface area (TPSA) is 110 Å². The highest BCUT2D eigenvalue weighted by Crippen LogP contribution is 2.28. The van der Waals surface area contributed by atoms with Crippen molar-refractivity contribution in [2.75, 3.05) is 19.8 Å². The van der Waals surface area contributed by atoms with Crippen molar-refractivity contribution in [2.24, 2.45) is 0 Å². The molecule has 2 heterocycles. The molecule has 0 radical (unpaired) electrons. The molecular weight excluding hydrogens is 320 g/mol. The molecular formula is C17H20N6O2. The van der Waals surface area contributed by atoms with Gasteiger partial charge >= 0.3 is 0 Å². The van der Waals surface area contributed by atoms with Gasteiger partial charge in [-0.2, -0.15) is 10.1 Å². The second-order valence-electron chi connectivity index (χ2n) is 6.52. The van der Waals surface area contributed by atoms with Crippen molar-refractivity contribution in [1.29, 1.82) is 0 Å². The molecule has 0 atom stereocenters. The van der Waals surface area contributed by atoms with Crippen LogP contribution >= 0.6 is 0 Å². The van der Waals surface area contributed by atoms with Crippen molar-refractivity contribution in [1.82, 2.24) is 24.6 Å². The van der Waals surface area contributed by atoms with Gasteiger partial charge in [0.2, 0.25) is 5.95 Å². The van der Waals surface area contributed by atoms with Crippen LogP contribution in [-0.2, 0) is 5.60 Å². The van der Waals surface area contributed by atoms with Gasteiger partial charge in [0.25, 0.3) is 5.91 Å². The average molecular weight is 340 g/mol. The smallest absolute Gasteiger partial charge is 0.274 e. The molecule has 3 rings (SSSR count). The predicted molar refractivity (Wildman–Crippen MR) is 94.3 cm³/mol. The maximum atomic E-state index is 12.5. The SMILES string of the molecule is CN(C)C(=O)c1nn(-c2ccnc(N)n2)c2cc(C(C)(C)O)ccc12. The number of rotatable bonds is 3. The van der Waals surface area contributed by atoms with Crippen LogP contribution in [-0.4, -0.2) is 49.8 Å². The van der Waals surface area contributed by atoms with Crippen LogP contribution in [0, 0.1) is 0 Å². The van der Waals surface area contributed by atoms with Crippen LogP contribution in [0.2, 0.25) is 0 Å². The maximum Gasteiger partial charge on any atom is 0.274 e. The highest BCUT2D eigenvalue weighted by Gasteiger charge is 2.23. The van der Waals surface area contributed by atoms with Gasteiger partial charge in [-0.3, -0.25) is 4.79 Å². The lowest BCUT2D eigenvalue weighted by Gasteiger charge is -2.18. The monoisotopic (exact) mass is 340 g/mol. The molecule has 0 aliphatic heterocycles. The first-order valence-electron chi connectivity index (χ1n) is 7.74. The fraction of sp³-hybridized carbons (Fsp3) is 0.294. The van der Waals surface area contributed by atoms with Gasteiger partial charge in [0.1, 0.15) is 0 Å². The Kier molecular flexibility index (Phi) is 3.92. The Balaban J connectivity index is 2.32. The van der Waals surface area contributed by atoms with E-state index in [1.54, 1.807) is 56.9 Å². The predicted octanol–water partition coefficient (Wildman–Crippen LogP) is 1.33. The van der Waals surface area contributed by atoms with Gasteiger partial charge in [-0.1, -0.05) is 6.07 Å². The lowest BCUT2D eigenvalue weighted by Crippen LogP contribution is -2.22. The second kappa shape index (κ2) is 5.82. The Morgan fingerprint density at radius 2 is 2.00 bits per heavy atom. The summed E-state index contributed by atoms with van der Waals surface area (Å²) in [5.41, 5.74) is 6.31. The van der Waals surface area contributed by atoms with E-state index in [0.717, 1.165) is 0 Å². The van der Waals surface area contributed by atoms with Crippen molar-refractivity contribution in [3.8, 4) is 5.82 Å². The largest absolute Gasteiger partial charge is 0.386 e. The van der Waals surface area contributed by atoms with E-state index in [2.05, 4.69) is 15.1 Å². The number of aliphatic hydroxyl groups is 1. The highest BCUT2D eigenvalue weighted by molar-refractivity contribution is 6.05. The first kappa shape index (κ1) is 16.8. The highest BCUT2D eigenvalue weighted by atomic mass is 16.3. The molecule has 1 aromatic carbocycles. The number of aromatic nitrogens is 4. The molecule has 25 heavy (non-hydrogen) atoms. The number of carbonyl (C=O) groups excluding carboxylic acids is 1. The molecule has 0 fully saturated rings. The van der Waals surface area contributed by atoms with E-state index in [-0.39, 0.29) is 11.9 Å². The lowest BCUT2D eigenvalue weighted by atomic mass is 9.97. The summed E-state index contributed by atoms with van der Waals surface area (Å²) in [7, 11) is 3.34. The van der Waals surface area contributed by atoms with Crippen LogP contribution in [0.1, 0.15) is 29.9 Å². The molecule has 0 aliphatic carbocycles. The summed E-state index contributed by atoms with van der Waals surface area (Å²) in [5, 5.41) is 15.4. The van der Waals surface area contributed by atoms with E-state index in [9.17, 15) is 9.90 Å². The number of amides is 1. The van der Waals surface area contributed by atoms with Crippen molar-refractivity contribution < 1.29 is 9.90 Å². The zero-order valence-corrected chi connectivity index (χ0v) is 14.6. The average Bonchev–Trinajstić information content (AvgIpc) is 2.92. The number of carbonyl (C=O) groups is 1. The van der Waals surface area contributed by atoms with E-state index < -0.39 is 5.60 Å². The quantitative estimate of drug-likeness (QED) is 0.744. The number of hydrogen-bond donors (Lipinski definition) is 2. The molecule has 0 unspecified atom stereocenters. The van der Waals surface area contributed by atoms with Crippen LogP contribution in [0.4, 0.5) is 5.95 Å². The molecule has 130 valence electrons. The van der Waals surface area contributed by atoms with E-state index in [1.807, 2.05) is 0 Å². The van der Waals surface area contributed by atoms with Crippen LogP contribution in [0.25, 0.3) is 16.7 Å². The Morgan fingerprint density at radius 1 is 1.28 bits per heavy atom. The molecule has 1 amide bonds. The molecule has 0 spiro atoms. The summed E-state index contributed by atoms with van der Waals surface area (Å²) in [5.74, 6) is 0.338. The summed E-state index contributed by atoms with van der Waals surface area (Å²) in [6.45, 7) is 3.40. The number of hydrogen-bond acceptors (Lipinski definition) is 6. The number of fused-ring (bicyclic) bond motifs is 1. The number of nitrogens with two attached hydrogens (primary N) is 1. The van der Waals surface area contributed by atoms with Gasteiger partial charge in [0.15, 0.2) is 11.5 Å². The van der Waals surface area contributed by atoms with E-state index in [0.29, 0.717) is 28.0 Å².